The van der Waals surface area contributed by atoms with E-state index in [0.717, 1.165) is 42.7 Å². The van der Waals surface area contributed by atoms with Crippen molar-refractivity contribution in [2.75, 3.05) is 25.0 Å². The van der Waals surface area contributed by atoms with Crippen LogP contribution in [0.5, 0.6) is 0 Å². The fraction of sp³-hybridized carbons (Fsp3) is 0.438. The number of piperidine rings is 1. The van der Waals surface area contributed by atoms with Crippen LogP contribution in [0.2, 0.25) is 0 Å². The van der Waals surface area contributed by atoms with E-state index in [1.54, 1.807) is 0 Å². The third kappa shape index (κ3) is 3.12. The molecular weight excluding hydrogens is 264 g/mol. The first-order valence-corrected chi connectivity index (χ1v) is 7.49. The van der Waals surface area contributed by atoms with Gasteiger partial charge >= 0.3 is 0 Å². The highest BCUT2D eigenvalue weighted by atomic mass is 16.2. The van der Waals surface area contributed by atoms with Crippen LogP contribution < -0.4 is 5.32 Å². The van der Waals surface area contributed by atoms with Crippen LogP contribution in [0.3, 0.4) is 0 Å². The van der Waals surface area contributed by atoms with Crippen molar-refractivity contribution in [3.05, 3.63) is 30.0 Å². The van der Waals surface area contributed by atoms with Crippen molar-refractivity contribution >= 4 is 22.8 Å². The van der Waals surface area contributed by atoms with Gasteiger partial charge in [0.25, 0.3) is 0 Å². The second-order valence-corrected chi connectivity index (χ2v) is 5.44. The molecule has 2 aromatic rings. The van der Waals surface area contributed by atoms with Crippen molar-refractivity contribution in [3.63, 3.8) is 0 Å². The van der Waals surface area contributed by atoms with Gasteiger partial charge < -0.3 is 10.2 Å². The summed E-state index contributed by atoms with van der Waals surface area (Å²) in [5.41, 5.74) is 2.54. The molecule has 0 bridgehead atoms. The minimum Gasteiger partial charge on any atom is -0.359 e. The maximum Gasteiger partial charge on any atom is 0.241 e. The summed E-state index contributed by atoms with van der Waals surface area (Å²) < 4.78 is 0. The van der Waals surface area contributed by atoms with Crippen LogP contribution in [0.25, 0.3) is 11.0 Å². The Morgan fingerprint density at radius 2 is 1.81 bits per heavy atom. The Kier molecular flexibility index (Phi) is 3.99. The SMILES string of the molecule is Cc1nc2ccccc2nc1NCC(=O)N1CCCCC1. The number of para-hydroxylation sites is 2. The summed E-state index contributed by atoms with van der Waals surface area (Å²) in [5.74, 6) is 0.836. The normalized spacial score (nSPS) is 15.2. The Labute approximate surface area is 124 Å². The van der Waals surface area contributed by atoms with Gasteiger partial charge in [0.15, 0.2) is 0 Å². The number of aryl methyl sites for hydroxylation is 1. The number of nitrogens with one attached hydrogen (secondary N) is 1. The zero-order valence-electron chi connectivity index (χ0n) is 12.3. The molecule has 0 spiro atoms. The minimum atomic E-state index is 0.143. The number of amides is 1. The van der Waals surface area contributed by atoms with Gasteiger partial charge in [-0.05, 0) is 38.3 Å². The number of anilines is 1. The van der Waals surface area contributed by atoms with E-state index < -0.39 is 0 Å². The fourth-order valence-corrected chi connectivity index (χ4v) is 2.67. The van der Waals surface area contributed by atoms with Gasteiger partial charge in [0, 0.05) is 13.1 Å². The number of carbonyl (C=O) groups excluding carboxylic acids is 1. The molecule has 0 radical (unpaired) electrons. The van der Waals surface area contributed by atoms with E-state index >= 15 is 0 Å². The molecule has 110 valence electrons. The van der Waals surface area contributed by atoms with Gasteiger partial charge in [0.1, 0.15) is 5.82 Å². The number of hydrogen-bond donors (Lipinski definition) is 1. The van der Waals surface area contributed by atoms with Crippen molar-refractivity contribution in [2.24, 2.45) is 0 Å². The van der Waals surface area contributed by atoms with E-state index in [4.69, 9.17) is 0 Å². The van der Waals surface area contributed by atoms with E-state index in [2.05, 4.69) is 15.3 Å². The number of carbonyl (C=O) groups is 1. The Morgan fingerprint density at radius 3 is 2.52 bits per heavy atom. The standard InChI is InChI=1S/C16H20N4O/c1-12-16(19-14-8-4-3-7-13(14)18-12)17-11-15(21)20-9-5-2-6-10-20/h3-4,7-8H,2,5-6,9-11H2,1H3,(H,17,19). The smallest absolute Gasteiger partial charge is 0.241 e. The minimum absolute atomic E-state index is 0.143. The van der Waals surface area contributed by atoms with Gasteiger partial charge in [-0.2, -0.15) is 0 Å². The lowest BCUT2D eigenvalue weighted by Gasteiger charge is -2.26. The Bertz CT molecular complexity index is 650. The molecule has 1 amide bonds. The van der Waals surface area contributed by atoms with Crippen molar-refractivity contribution in [1.29, 1.82) is 0 Å². The monoisotopic (exact) mass is 284 g/mol. The van der Waals surface area contributed by atoms with Crippen LogP contribution in [0, 0.1) is 6.92 Å². The molecule has 1 aliphatic heterocycles. The van der Waals surface area contributed by atoms with E-state index in [1.807, 2.05) is 36.1 Å². The highest BCUT2D eigenvalue weighted by molar-refractivity contribution is 5.82. The summed E-state index contributed by atoms with van der Waals surface area (Å²) in [7, 11) is 0. The first-order valence-electron chi connectivity index (χ1n) is 7.49. The van der Waals surface area contributed by atoms with Crippen molar-refractivity contribution < 1.29 is 4.79 Å². The number of rotatable bonds is 3. The van der Waals surface area contributed by atoms with Gasteiger partial charge in [-0.1, -0.05) is 12.1 Å². The summed E-state index contributed by atoms with van der Waals surface area (Å²) in [4.78, 5) is 23.2. The average Bonchev–Trinajstić information content (AvgIpc) is 2.53. The summed E-state index contributed by atoms with van der Waals surface area (Å²) >= 11 is 0. The highest BCUT2D eigenvalue weighted by Crippen LogP contribution is 2.16. The molecule has 1 fully saturated rings. The molecule has 5 nitrogen and oxygen atoms in total. The van der Waals surface area contributed by atoms with E-state index in [-0.39, 0.29) is 12.5 Å². The van der Waals surface area contributed by atoms with Gasteiger partial charge in [-0.25, -0.2) is 9.97 Å². The van der Waals surface area contributed by atoms with E-state index in [9.17, 15) is 4.79 Å². The zero-order valence-corrected chi connectivity index (χ0v) is 12.3. The number of hydrogen-bond acceptors (Lipinski definition) is 4. The maximum atomic E-state index is 12.2. The Morgan fingerprint density at radius 1 is 1.14 bits per heavy atom. The Balaban J connectivity index is 1.69. The lowest BCUT2D eigenvalue weighted by molar-refractivity contribution is -0.130. The van der Waals surface area contributed by atoms with Crippen LogP contribution in [-0.2, 0) is 4.79 Å². The Hall–Kier alpha value is -2.17. The number of aromatic nitrogens is 2. The molecule has 1 aromatic heterocycles. The molecule has 1 aromatic carbocycles. The average molecular weight is 284 g/mol. The van der Waals surface area contributed by atoms with E-state index in [0.29, 0.717) is 5.82 Å². The third-order valence-corrected chi connectivity index (χ3v) is 3.86. The number of nitrogens with zero attached hydrogens (tertiary/aromatic N) is 3. The molecule has 3 rings (SSSR count). The van der Waals surface area contributed by atoms with Crippen LogP contribution >= 0.6 is 0 Å². The maximum absolute atomic E-state index is 12.2. The summed E-state index contributed by atoms with van der Waals surface area (Å²) in [5, 5.41) is 3.14. The predicted molar refractivity (Wildman–Crippen MR) is 83.2 cm³/mol. The van der Waals surface area contributed by atoms with Gasteiger partial charge in [0.2, 0.25) is 5.91 Å². The molecule has 0 atom stereocenters. The van der Waals surface area contributed by atoms with Crippen LogP contribution in [0.4, 0.5) is 5.82 Å². The first-order chi connectivity index (χ1) is 10.2. The van der Waals surface area contributed by atoms with Gasteiger partial charge in [-0.15, -0.1) is 0 Å². The summed E-state index contributed by atoms with van der Waals surface area (Å²) in [6.45, 7) is 3.95. The lowest BCUT2D eigenvalue weighted by atomic mass is 10.1. The molecular formula is C16H20N4O. The first kappa shape index (κ1) is 13.8. The second kappa shape index (κ2) is 6.08. The molecule has 5 heteroatoms. The van der Waals surface area contributed by atoms with Crippen LogP contribution in [-0.4, -0.2) is 40.4 Å². The van der Waals surface area contributed by atoms with Crippen molar-refractivity contribution in [2.45, 2.75) is 26.2 Å². The predicted octanol–water partition coefficient (Wildman–Crippen LogP) is 2.36. The van der Waals surface area contributed by atoms with Crippen LogP contribution in [0.15, 0.2) is 24.3 Å². The van der Waals surface area contributed by atoms with Gasteiger partial charge in [-0.3, -0.25) is 4.79 Å². The number of likely N-dealkylation sites (tertiary alicyclic amines) is 1. The molecule has 21 heavy (non-hydrogen) atoms. The molecule has 1 saturated heterocycles. The highest BCUT2D eigenvalue weighted by Gasteiger charge is 2.16. The topological polar surface area (TPSA) is 58.1 Å². The summed E-state index contributed by atoms with van der Waals surface area (Å²) in [6.07, 6.45) is 3.45. The third-order valence-electron chi connectivity index (χ3n) is 3.86. The van der Waals surface area contributed by atoms with Crippen molar-refractivity contribution in [1.82, 2.24) is 14.9 Å². The summed E-state index contributed by atoms with van der Waals surface area (Å²) in [6, 6.07) is 7.76. The molecule has 0 unspecified atom stereocenters. The molecule has 0 aliphatic carbocycles. The zero-order chi connectivity index (χ0) is 14.7. The number of fused-ring (bicyclic) bond motifs is 1. The largest absolute Gasteiger partial charge is 0.359 e. The quantitative estimate of drug-likeness (QED) is 0.940. The van der Waals surface area contributed by atoms with Gasteiger partial charge in [0.05, 0.1) is 23.3 Å². The molecule has 2 heterocycles. The fourth-order valence-electron chi connectivity index (χ4n) is 2.67. The second-order valence-electron chi connectivity index (χ2n) is 5.44. The van der Waals surface area contributed by atoms with E-state index in [1.165, 1.54) is 6.42 Å². The molecule has 1 N–H and O–H groups in total. The molecule has 0 saturated carbocycles. The lowest BCUT2D eigenvalue weighted by Crippen LogP contribution is -2.39. The number of benzene rings is 1. The molecule has 1 aliphatic rings. The van der Waals surface area contributed by atoms with Crippen molar-refractivity contribution in [3.8, 4) is 0 Å². The van der Waals surface area contributed by atoms with Crippen LogP contribution in [0.1, 0.15) is 25.0 Å².